The normalized spacial score (nSPS) is 23.7. The number of aromatic nitrogens is 4. The predicted octanol–water partition coefficient (Wildman–Crippen LogP) is 22.3. The minimum absolute atomic E-state index is 0.0142. The Morgan fingerprint density at radius 1 is 0.467 bits per heavy atom. The Morgan fingerprint density at radius 2 is 0.841 bits per heavy atom. The molecule has 7 fully saturated rings. The number of aliphatic hydroxyl groups is 1. The largest absolute Gasteiger partial charge is 0.390 e. The number of hydrogen-bond donors (Lipinski definition) is 1. The predicted molar refractivity (Wildman–Crippen MR) is 407 cm³/mol. The number of Topliss-reactive ketones (excluding diaryl/α,β-unsaturated/α-hetero) is 4. The van der Waals surface area contributed by atoms with Crippen molar-refractivity contribution >= 4 is 91.6 Å². The lowest BCUT2D eigenvalue weighted by molar-refractivity contribution is -0.0536. The number of alkyl halides is 6. The maximum atomic E-state index is 13.6. The standard InChI is InChI=1S/C22H28ClNO3.2C21H24ClF2NO2.C20H24ClF2NO2/c1-15-4-2-8-22(26,13-15)9-6-20(25)17-12-19(16-7-11-27-14-16)24-10-3-5-18(23)21(17)24;22-17-4-2-9-25-18(15-7-10-27-13-15)11-16(20(17)25)19(26)6-5-14-3-1-8-21(23,24)12-14;22-17-2-1-10-25-18(15-7-11-27-13-15)12-16(20(17)25)19(26)4-3-14-5-8-21(23,24)9-6-14;1-26-12-8-15-13-16(19-17(21)3-2-11-24(15)19)18(25)5-4-14-6-9-20(22,23)10-7-14/h3,5,10,12,15-16,26H,2,4,6-9,11,13-14H2,1H3;2,4,9,11,14-15H,1,3,5-8,10,12-13H2;1-2,10,12,14-15H,3-9,11,13H2;2-3,11,13-14H,4-10,12H2,1H3/t15-,16?,22+;;;/m1.../s1. The van der Waals surface area contributed by atoms with Crippen LogP contribution in [0, 0.1) is 23.7 Å². The molecule has 3 saturated heterocycles. The van der Waals surface area contributed by atoms with Crippen molar-refractivity contribution in [3.05, 3.63) is 163 Å². The molecule has 15 rings (SSSR count). The molecule has 13 nitrogen and oxygen atoms in total. The second kappa shape index (κ2) is 35.7. The van der Waals surface area contributed by atoms with Crippen molar-refractivity contribution in [3.8, 4) is 0 Å². The molecule has 11 heterocycles. The zero-order valence-electron chi connectivity index (χ0n) is 61.3. The maximum Gasteiger partial charge on any atom is 0.248 e. The first-order valence-electron chi connectivity index (χ1n) is 38.6. The lowest BCUT2D eigenvalue weighted by Crippen LogP contribution is -2.35. The molecule has 0 bridgehead atoms. The van der Waals surface area contributed by atoms with E-state index in [4.69, 9.17) is 65.4 Å². The van der Waals surface area contributed by atoms with Crippen LogP contribution in [-0.2, 0) is 25.4 Å². The number of rotatable bonds is 22. The fourth-order valence-electron chi connectivity index (χ4n) is 17.6. The van der Waals surface area contributed by atoms with Crippen molar-refractivity contribution in [2.75, 3.05) is 53.4 Å². The van der Waals surface area contributed by atoms with Crippen LogP contribution in [0.5, 0.6) is 0 Å². The number of ketones is 4. The highest BCUT2D eigenvalue weighted by Gasteiger charge is 2.40. The van der Waals surface area contributed by atoms with Crippen LogP contribution in [0.3, 0.4) is 0 Å². The average Bonchev–Trinajstić information content (AvgIpc) is 1.64. The van der Waals surface area contributed by atoms with E-state index in [9.17, 15) is 50.6 Å². The Kier molecular flexibility index (Phi) is 27.0. The van der Waals surface area contributed by atoms with Gasteiger partial charge in [-0.05, 0) is 186 Å². The van der Waals surface area contributed by atoms with Crippen LogP contribution in [0.25, 0.3) is 22.1 Å². The first-order valence-corrected chi connectivity index (χ1v) is 40.2. The van der Waals surface area contributed by atoms with E-state index in [1.54, 1.807) is 25.3 Å². The Hall–Kier alpha value is -5.74. The summed E-state index contributed by atoms with van der Waals surface area (Å²) < 4.78 is 110. The fourth-order valence-corrected chi connectivity index (χ4v) is 18.6. The summed E-state index contributed by atoms with van der Waals surface area (Å²) in [6.07, 6.45) is 21.7. The van der Waals surface area contributed by atoms with E-state index in [-0.39, 0.29) is 97.7 Å². The topological polar surface area (TPSA) is 143 Å². The highest BCUT2D eigenvalue weighted by Crippen LogP contribution is 2.44. The molecule has 4 unspecified atom stereocenters. The van der Waals surface area contributed by atoms with Gasteiger partial charge >= 0.3 is 0 Å². The molecule has 3 aliphatic heterocycles. The summed E-state index contributed by atoms with van der Waals surface area (Å²) in [5.41, 5.74) is 8.99. The van der Waals surface area contributed by atoms with Gasteiger partial charge < -0.3 is 41.7 Å². The molecule has 107 heavy (non-hydrogen) atoms. The van der Waals surface area contributed by atoms with E-state index in [1.165, 1.54) is 6.42 Å². The van der Waals surface area contributed by atoms with E-state index in [0.717, 1.165) is 110 Å². The third-order valence-corrected chi connectivity index (χ3v) is 24.8. The lowest BCUT2D eigenvalue weighted by Gasteiger charge is -2.35. The number of halogens is 10. The van der Waals surface area contributed by atoms with Gasteiger partial charge in [-0.3, -0.25) is 19.2 Å². The minimum Gasteiger partial charge on any atom is -0.390 e. The summed E-state index contributed by atoms with van der Waals surface area (Å²) in [6, 6.07) is 22.5. The molecule has 8 aromatic rings. The van der Waals surface area contributed by atoms with Crippen LogP contribution in [0.1, 0.15) is 262 Å². The number of hydrogen-bond acceptors (Lipinski definition) is 9. The summed E-state index contributed by atoms with van der Waals surface area (Å²) in [4.78, 5) is 51.8. The Balaban J connectivity index is 0.000000133. The first-order chi connectivity index (χ1) is 51.3. The van der Waals surface area contributed by atoms with Gasteiger partial charge in [0.2, 0.25) is 17.8 Å². The summed E-state index contributed by atoms with van der Waals surface area (Å²) >= 11 is 25.6. The van der Waals surface area contributed by atoms with E-state index in [0.29, 0.717) is 164 Å². The first kappa shape index (κ1) is 80.8. The molecule has 6 atom stereocenters. The van der Waals surface area contributed by atoms with Crippen molar-refractivity contribution in [2.45, 2.75) is 228 Å². The Morgan fingerprint density at radius 3 is 1.22 bits per heavy atom. The smallest absolute Gasteiger partial charge is 0.248 e. The Bertz CT molecular complexity index is 4400. The molecule has 4 saturated carbocycles. The van der Waals surface area contributed by atoms with Gasteiger partial charge in [0.15, 0.2) is 23.1 Å². The van der Waals surface area contributed by atoms with Gasteiger partial charge in [0.05, 0.1) is 74.2 Å². The Labute approximate surface area is 642 Å². The molecule has 8 aromatic heterocycles. The summed E-state index contributed by atoms with van der Waals surface area (Å²) in [5, 5.41) is 13.1. The van der Waals surface area contributed by atoms with Gasteiger partial charge in [-0.15, -0.1) is 0 Å². The summed E-state index contributed by atoms with van der Waals surface area (Å²) in [6.45, 7) is 6.93. The van der Waals surface area contributed by atoms with Crippen LogP contribution in [-0.4, -0.2) is 123 Å². The van der Waals surface area contributed by atoms with Crippen molar-refractivity contribution in [2.24, 2.45) is 23.7 Å². The van der Waals surface area contributed by atoms with Gasteiger partial charge in [-0.2, -0.15) is 0 Å². The van der Waals surface area contributed by atoms with E-state index < -0.39 is 23.4 Å². The van der Waals surface area contributed by atoms with E-state index in [2.05, 4.69) is 6.92 Å². The molecule has 0 spiro atoms. The number of carbonyl (C=O) groups is 4. The average molecular weight is 1570 g/mol. The number of nitrogens with zero attached hydrogens (tertiary/aromatic N) is 4. The molecule has 0 amide bonds. The fraction of sp³-hybridized carbons (Fsp3) is 0.571. The van der Waals surface area contributed by atoms with Gasteiger partial charge in [0.1, 0.15) is 0 Å². The molecule has 0 radical (unpaired) electrons. The highest BCUT2D eigenvalue weighted by atomic mass is 35.5. The minimum atomic E-state index is -2.58. The van der Waals surface area contributed by atoms with E-state index >= 15 is 0 Å². The van der Waals surface area contributed by atoms with Crippen molar-refractivity contribution in [1.29, 1.82) is 0 Å². The second-order valence-corrected chi connectivity index (χ2v) is 33.0. The SMILES string of the molecule is COCCc1cc(C(=O)CCC2CCC(F)(F)CC2)c2c(Cl)cccn12.C[C@@H]1CCC[C@](O)(CCC(=O)c2cc(C3CCOC3)n3cccc(Cl)c23)C1.O=C(CCC1CCC(F)(F)CC1)c1cc(C2CCOC2)n2cccc(Cl)c12.O=C(CCC1CCCC(F)(F)C1)c1cc(C2CCOC2)n2cccc(Cl)c12. The molecule has 580 valence electrons. The van der Waals surface area contributed by atoms with Gasteiger partial charge in [0, 0.05) is 185 Å². The third-order valence-electron chi connectivity index (χ3n) is 23.6. The molecular formula is C84H100Cl4F6N4O9. The summed E-state index contributed by atoms with van der Waals surface area (Å²) in [5.74, 6) is -5.84. The maximum absolute atomic E-state index is 13.6. The molecule has 0 aromatic carbocycles. The third kappa shape index (κ3) is 20.0. The van der Waals surface area contributed by atoms with Crippen molar-refractivity contribution < 1.29 is 69.6 Å². The van der Waals surface area contributed by atoms with Gasteiger partial charge in [-0.1, -0.05) is 72.6 Å². The van der Waals surface area contributed by atoms with E-state index in [1.807, 2.05) is 97.0 Å². The number of pyridine rings is 4. The molecule has 4 aliphatic carbocycles. The van der Waals surface area contributed by atoms with Crippen LogP contribution in [0.2, 0.25) is 20.1 Å². The zero-order chi connectivity index (χ0) is 75.8. The second-order valence-electron chi connectivity index (χ2n) is 31.4. The molecule has 7 aliphatic rings. The highest BCUT2D eigenvalue weighted by molar-refractivity contribution is 6.36. The lowest BCUT2D eigenvalue weighted by atomic mass is 9.76. The van der Waals surface area contributed by atoms with Crippen molar-refractivity contribution in [1.82, 2.24) is 17.6 Å². The quantitative estimate of drug-likeness (QED) is 0.0518. The van der Waals surface area contributed by atoms with Gasteiger partial charge in [-0.25, -0.2) is 26.3 Å². The monoisotopic (exact) mass is 1560 g/mol. The summed E-state index contributed by atoms with van der Waals surface area (Å²) in [7, 11) is 1.64. The number of ether oxygens (including phenoxy) is 4. The zero-order valence-corrected chi connectivity index (χ0v) is 64.3. The molecule has 1 N–H and O–H groups in total. The molecular weight excluding hydrogens is 1460 g/mol. The van der Waals surface area contributed by atoms with Crippen molar-refractivity contribution in [3.63, 3.8) is 0 Å². The number of methoxy groups -OCH3 is 1. The van der Waals surface area contributed by atoms with Crippen LogP contribution < -0.4 is 0 Å². The molecule has 23 heteroatoms. The number of carbonyl (C=O) groups excluding carboxylic acids is 4. The van der Waals surface area contributed by atoms with Crippen LogP contribution in [0.4, 0.5) is 26.3 Å². The van der Waals surface area contributed by atoms with Crippen LogP contribution in [0.15, 0.2) is 97.6 Å². The van der Waals surface area contributed by atoms with Crippen LogP contribution >= 0.6 is 46.4 Å². The number of fused-ring (bicyclic) bond motifs is 4. The van der Waals surface area contributed by atoms with Gasteiger partial charge in [0.25, 0.3) is 0 Å².